The van der Waals surface area contributed by atoms with E-state index >= 15 is 0 Å². The smallest absolute Gasteiger partial charge is 0.429 e. The molecule has 0 saturated carbocycles. The van der Waals surface area contributed by atoms with Crippen molar-refractivity contribution in [2.24, 2.45) is 20.6 Å². The van der Waals surface area contributed by atoms with Gasteiger partial charge in [-0.05, 0) is 177 Å². The van der Waals surface area contributed by atoms with Crippen LogP contribution in [0.4, 0.5) is 27.6 Å². The van der Waals surface area contributed by atoms with Crippen LogP contribution in [0.1, 0.15) is 36.7 Å². The number of hydrogen-bond donors (Lipinski definition) is 4. The lowest BCUT2D eigenvalue weighted by molar-refractivity contribution is -0.184. The van der Waals surface area contributed by atoms with Crippen LogP contribution < -0.4 is 30.2 Å². The molecule has 0 aliphatic carbocycles. The third kappa shape index (κ3) is 25.1. The summed E-state index contributed by atoms with van der Waals surface area (Å²) in [4.78, 5) is 30.0. The van der Waals surface area contributed by atoms with Gasteiger partial charge in [-0.15, -0.1) is 0 Å². The molecule has 0 saturated heterocycles. The van der Waals surface area contributed by atoms with Gasteiger partial charge < -0.3 is 9.26 Å². The average molecular weight is 1940 g/mol. The minimum atomic E-state index is -4.70. The van der Waals surface area contributed by atoms with Gasteiger partial charge in [0.2, 0.25) is 57.9 Å². The summed E-state index contributed by atoms with van der Waals surface area (Å²) in [5, 5.41) is 25.0. The standard InChI is InChI=1S/C19H16O2S.C18H15NO2S.C17H14N2O2S.C16H13ClN2O3S.C16H12F2N2O3S.C12H7Cl2F3O2/c1-22(20,21)17-13-11-16(12-14-17)19-10-6-5-9-18(19)15-7-3-2-4-8-15;19-22(20,21)16-12-10-15(11-13-16)18-9-5-4-8-17(18)14-6-2-1-3-7-14;18-22(20,21)15-10-8-13(9-11-15)16-7-4-12-19-17(16)14-5-2-1-3-6-14;17-12-3-5-13(6-4-12)19-15(9-10-16(19)20)11-1-7-14(8-2-11)23(18,21)22;17-16(18)15-13(10-6-8-12(9-7-10)24(19,21)22)14(20-23-15)11-4-2-1-3-5-11;1-5(18)8-3-6-2-7(13)4-9(14)10(6)19-11(8)12(15,16)17/h2-14H,1H3;1-13H,(H2,19,20,21);1-12H,(H2,18,20,21);1-9H,10H2,(H2,18,21,22);1-9,16H,(H2,19,21,22);2-4,11H,1H3/t;;;;;11-/m.....0/s1. The predicted octanol–water partition coefficient (Wildman–Crippen LogP) is 21.8. The Labute approximate surface area is 773 Å². The fraction of sp³-hybridized carbons (Fsp3) is 0.0612. The largest absolute Gasteiger partial charge is 0.474 e. The highest BCUT2D eigenvalue weighted by Gasteiger charge is 2.48. The van der Waals surface area contributed by atoms with Gasteiger partial charge in [0.05, 0.1) is 46.5 Å². The van der Waals surface area contributed by atoms with E-state index in [1.54, 1.807) is 114 Å². The van der Waals surface area contributed by atoms with Crippen LogP contribution in [-0.2, 0) is 59.5 Å². The molecular formula is C98H77Cl3F5N7O14S5. The maximum Gasteiger partial charge on any atom is 0.429 e. The molecule has 0 radical (unpaired) electrons. The molecule has 0 unspecified atom stereocenters. The fourth-order valence-corrected chi connectivity index (χ4v) is 17.1. The normalized spacial score (nSPS) is 13.1. The number of hydrogen-bond acceptors (Lipinski definition) is 16. The summed E-state index contributed by atoms with van der Waals surface area (Å²) in [6.45, 7) is 1.05. The summed E-state index contributed by atoms with van der Waals surface area (Å²) in [6, 6.07) is 100.0. The number of primary sulfonamides is 4. The van der Waals surface area contributed by atoms with E-state index in [1.165, 1.54) is 79.1 Å². The van der Waals surface area contributed by atoms with Crippen molar-refractivity contribution in [1.82, 2.24) is 10.1 Å². The van der Waals surface area contributed by atoms with Crippen molar-refractivity contribution in [3.63, 3.8) is 0 Å². The maximum atomic E-state index is 13.3. The number of nitrogens with two attached hydrogens (primary N) is 4. The molecule has 17 rings (SSSR count). The summed E-state index contributed by atoms with van der Waals surface area (Å²) in [7, 11) is -18.1. The average Bonchev–Trinajstić information content (AvgIpc) is 1.71. The van der Waals surface area contributed by atoms with E-state index in [2.05, 4.69) is 52.6 Å². The molecule has 132 heavy (non-hydrogen) atoms. The SMILES string of the molecule is CC(=O)C1=Cc2cc(Cl)cc(Cl)c2O[C@@H]1C(F)(F)F.CS(=O)(=O)c1ccc(-c2ccccc2-c2ccccc2)cc1.NS(=O)(=O)c1ccc(-c2c(-c3ccccc3)noc2C(F)F)cc1.NS(=O)(=O)c1ccc(-c2ccccc2-c2ccccc2)cc1.NS(=O)(=O)c1ccc(-c2cccnc2-c2ccccc2)cc1.NS(=O)(=O)c1ccc(C2=CCC(=O)N2c2ccc(Cl)cc2)cc1. The van der Waals surface area contributed by atoms with Crippen molar-refractivity contribution < 1.29 is 82.9 Å². The summed E-state index contributed by atoms with van der Waals surface area (Å²) < 4.78 is 189. The molecule has 0 fully saturated rings. The number of anilines is 1. The maximum absolute atomic E-state index is 13.3. The molecule has 2 aliphatic rings. The number of rotatable bonds is 17. The summed E-state index contributed by atoms with van der Waals surface area (Å²) >= 11 is 17.4. The van der Waals surface area contributed by atoms with Crippen molar-refractivity contribution in [1.29, 1.82) is 0 Å². The number of pyridine rings is 1. The molecule has 0 bridgehead atoms. The number of ether oxygens (including phenoxy) is 1. The first kappa shape index (κ1) is 97.8. The topological polar surface area (TPSA) is 360 Å². The van der Waals surface area contributed by atoms with Crippen LogP contribution in [0.5, 0.6) is 5.75 Å². The van der Waals surface area contributed by atoms with E-state index < -0.39 is 85.8 Å². The zero-order chi connectivity index (χ0) is 95.0. The minimum Gasteiger partial charge on any atom is -0.474 e. The number of benzene rings is 13. The number of halogens is 8. The second kappa shape index (κ2) is 42.3. The number of Topliss-reactive ketones (excluding diaryl/α,β-unsaturated/α-hetero) is 1. The highest BCUT2D eigenvalue weighted by Crippen LogP contribution is 2.45. The van der Waals surface area contributed by atoms with Gasteiger partial charge in [0, 0.05) is 62.4 Å². The number of sulfone groups is 1. The Morgan fingerprint density at radius 1 is 0.432 bits per heavy atom. The molecule has 15 aromatic rings. The van der Waals surface area contributed by atoms with Gasteiger partial charge >= 0.3 is 6.18 Å². The number of sulfonamides is 4. The quantitative estimate of drug-likeness (QED) is 0.0615. The van der Waals surface area contributed by atoms with Gasteiger partial charge in [-0.2, -0.15) is 13.2 Å². The predicted molar refractivity (Wildman–Crippen MR) is 504 cm³/mol. The van der Waals surface area contributed by atoms with E-state index in [0.717, 1.165) is 85.5 Å². The molecule has 2 aliphatic heterocycles. The van der Waals surface area contributed by atoms with Crippen LogP contribution in [0, 0.1) is 0 Å². The molecule has 1 amide bonds. The molecule has 1 atom stereocenters. The van der Waals surface area contributed by atoms with Crippen molar-refractivity contribution in [2.45, 2.75) is 56.5 Å². The molecule has 674 valence electrons. The van der Waals surface area contributed by atoms with Gasteiger partial charge in [0.25, 0.3) is 6.43 Å². The fourth-order valence-electron chi connectivity index (χ4n) is 13.7. The molecular weight excluding hydrogens is 1860 g/mol. The van der Waals surface area contributed by atoms with Crippen LogP contribution >= 0.6 is 34.8 Å². The second-order valence-electron chi connectivity index (χ2n) is 29.1. The summed E-state index contributed by atoms with van der Waals surface area (Å²) in [6.07, 6.45) is -3.70. The molecule has 4 heterocycles. The van der Waals surface area contributed by atoms with Crippen molar-refractivity contribution >= 4 is 114 Å². The highest BCUT2D eigenvalue weighted by atomic mass is 35.5. The third-order valence-corrected chi connectivity index (χ3v) is 25.6. The van der Waals surface area contributed by atoms with Gasteiger partial charge in [-0.25, -0.2) is 71.4 Å². The van der Waals surface area contributed by atoms with E-state index in [1.807, 2.05) is 127 Å². The Hall–Kier alpha value is -13.3. The Balaban J connectivity index is 0.000000143. The first-order valence-corrected chi connectivity index (χ1v) is 48.5. The van der Waals surface area contributed by atoms with E-state index in [0.29, 0.717) is 32.4 Å². The van der Waals surface area contributed by atoms with Crippen molar-refractivity contribution in [3.05, 3.63) is 390 Å². The zero-order valence-corrected chi connectivity index (χ0v) is 75.7. The number of carbonyl (C=O) groups excluding carboxylic acids is 2. The van der Waals surface area contributed by atoms with Crippen LogP contribution in [-0.4, -0.2) is 82.5 Å². The summed E-state index contributed by atoms with van der Waals surface area (Å²) in [5.41, 5.74) is 15.6. The lowest BCUT2D eigenvalue weighted by Gasteiger charge is -2.28. The molecule has 0 spiro atoms. The highest BCUT2D eigenvalue weighted by molar-refractivity contribution is 7.91. The number of amides is 1. The number of ketones is 1. The molecule has 13 aromatic carbocycles. The van der Waals surface area contributed by atoms with Crippen LogP contribution in [0.15, 0.2) is 387 Å². The monoisotopic (exact) mass is 1940 g/mol. The second-order valence-corrected chi connectivity index (χ2v) is 38.6. The number of alkyl halides is 5. The van der Waals surface area contributed by atoms with Crippen LogP contribution in [0.25, 0.3) is 101 Å². The lowest BCUT2D eigenvalue weighted by atomic mass is 9.95. The number of carbonyl (C=O) groups is 2. The Morgan fingerprint density at radius 3 is 1.17 bits per heavy atom. The Kier molecular flexibility index (Phi) is 31.4. The van der Waals surface area contributed by atoms with Gasteiger partial charge in [0.15, 0.2) is 15.6 Å². The van der Waals surface area contributed by atoms with Crippen molar-refractivity contribution in [3.8, 4) is 95.0 Å². The number of aromatic nitrogens is 2. The molecule has 8 N–H and O–H groups in total. The zero-order valence-electron chi connectivity index (χ0n) is 69.4. The third-order valence-electron chi connectivity index (χ3n) is 20.0. The van der Waals surface area contributed by atoms with Crippen molar-refractivity contribution in [2.75, 3.05) is 11.2 Å². The van der Waals surface area contributed by atoms with Gasteiger partial charge in [0.1, 0.15) is 11.4 Å². The first-order chi connectivity index (χ1) is 62.6. The van der Waals surface area contributed by atoms with E-state index in [9.17, 15) is 73.6 Å². The summed E-state index contributed by atoms with van der Waals surface area (Å²) in [5.74, 6) is -1.47. The number of fused-ring (bicyclic) bond motifs is 1. The van der Waals surface area contributed by atoms with E-state index in [4.69, 9.17) is 64.6 Å². The Morgan fingerprint density at radius 2 is 0.788 bits per heavy atom. The van der Waals surface area contributed by atoms with Gasteiger partial charge in [-0.3, -0.25) is 19.5 Å². The van der Waals surface area contributed by atoms with Crippen LogP contribution in [0.3, 0.4) is 0 Å². The Bertz CT molecular complexity index is 6990. The van der Waals surface area contributed by atoms with Gasteiger partial charge in [-0.1, -0.05) is 283 Å². The lowest BCUT2D eigenvalue weighted by Crippen LogP contribution is -2.39. The molecule has 2 aromatic heterocycles. The first-order valence-electron chi connectivity index (χ1n) is 39.3. The number of nitrogens with zero attached hydrogens (tertiary/aromatic N) is 3. The molecule has 21 nitrogen and oxygen atoms in total. The minimum absolute atomic E-state index is 0.0317. The van der Waals surface area contributed by atoms with Crippen LogP contribution in [0.2, 0.25) is 15.1 Å². The van der Waals surface area contributed by atoms with E-state index in [-0.39, 0.29) is 64.5 Å². The molecule has 34 heteroatoms.